The van der Waals surface area contributed by atoms with E-state index in [1.54, 1.807) is 0 Å². The van der Waals surface area contributed by atoms with Crippen LogP contribution in [0.4, 0.5) is 0 Å². The average Bonchev–Trinajstić information content (AvgIpc) is 2.59. The van der Waals surface area contributed by atoms with Crippen molar-refractivity contribution in [3.63, 3.8) is 0 Å². The van der Waals surface area contributed by atoms with E-state index in [0.717, 1.165) is 38.5 Å². The van der Waals surface area contributed by atoms with Crippen molar-refractivity contribution in [2.75, 3.05) is 5.33 Å². The highest BCUT2D eigenvalue weighted by Gasteiger charge is 2.13. The van der Waals surface area contributed by atoms with Crippen LogP contribution in [0.5, 0.6) is 0 Å². The van der Waals surface area contributed by atoms with Gasteiger partial charge in [-0.2, -0.15) is 0 Å². The molecule has 0 spiro atoms. The molecule has 1 heterocycles. The molecule has 80 valence electrons. The Bertz CT molecular complexity index is 505. The van der Waals surface area contributed by atoms with Crippen LogP contribution in [0, 0.1) is 13.8 Å². The van der Waals surface area contributed by atoms with Crippen molar-refractivity contribution in [2.24, 2.45) is 0 Å². The summed E-state index contributed by atoms with van der Waals surface area (Å²) in [5.74, 6) is 0. The van der Waals surface area contributed by atoms with E-state index >= 15 is 0 Å². The second-order valence-corrected chi connectivity index (χ2v) is 5.20. The van der Waals surface area contributed by atoms with Gasteiger partial charge in [0.05, 0.1) is 5.69 Å². The third-order valence-corrected chi connectivity index (χ3v) is 3.89. The molecule has 2 rings (SSSR count). The largest absolute Gasteiger partial charge is 0.356 e. The van der Waals surface area contributed by atoms with Gasteiger partial charge in [0.1, 0.15) is 0 Å². The van der Waals surface area contributed by atoms with Gasteiger partial charge in [-0.1, -0.05) is 37.0 Å². The van der Waals surface area contributed by atoms with Crippen LogP contribution < -0.4 is 0 Å². The maximum absolute atomic E-state index is 5.38. The maximum Gasteiger partial charge on any atom is 0.170 e. The topological polar surface area (TPSA) is 26.0 Å². The van der Waals surface area contributed by atoms with E-state index in [-0.39, 0.29) is 0 Å². The Morgan fingerprint density at radius 3 is 2.73 bits per heavy atom. The van der Waals surface area contributed by atoms with Crippen molar-refractivity contribution < 1.29 is 4.52 Å². The Labute approximate surface area is 105 Å². The minimum atomic E-state index is 0.891. The van der Waals surface area contributed by atoms with Crippen LogP contribution in [0.15, 0.2) is 15.1 Å². The summed E-state index contributed by atoms with van der Waals surface area (Å²) < 4.78 is 6.49. The van der Waals surface area contributed by atoms with Crippen LogP contribution in [-0.2, 0) is 6.42 Å². The Hall–Kier alpha value is -0.350. The lowest BCUT2D eigenvalue weighted by Crippen LogP contribution is -1.88. The second-order valence-electron chi connectivity index (χ2n) is 3.55. The molecule has 0 unspecified atom stereocenters. The van der Waals surface area contributed by atoms with Gasteiger partial charge in [0.2, 0.25) is 0 Å². The first-order valence-corrected chi connectivity index (χ1v) is 6.66. The zero-order chi connectivity index (χ0) is 11.0. The van der Waals surface area contributed by atoms with Gasteiger partial charge in [-0.15, -0.1) is 0 Å². The summed E-state index contributed by atoms with van der Waals surface area (Å²) in [7, 11) is 0. The minimum Gasteiger partial charge on any atom is -0.356 e. The van der Waals surface area contributed by atoms with Crippen molar-refractivity contribution >= 4 is 42.8 Å². The maximum atomic E-state index is 5.38. The van der Waals surface area contributed by atoms with Crippen LogP contribution in [-0.4, -0.2) is 10.5 Å². The predicted octanol–water partition coefficient (Wildman–Crippen LogP) is 4.14. The molecule has 0 saturated heterocycles. The van der Waals surface area contributed by atoms with Crippen molar-refractivity contribution in [3.05, 3.63) is 27.4 Å². The van der Waals surface area contributed by atoms with Crippen LogP contribution >= 0.6 is 31.9 Å². The first-order chi connectivity index (χ1) is 7.15. The SMILES string of the molecule is Cc1c(Br)cc2c(CCBr)noc2c1C. The number of alkyl halides is 1. The zero-order valence-corrected chi connectivity index (χ0v) is 11.8. The molecule has 0 bridgehead atoms. The molecule has 0 amide bonds. The summed E-state index contributed by atoms with van der Waals surface area (Å²) in [6.07, 6.45) is 0.891. The van der Waals surface area contributed by atoms with Crippen molar-refractivity contribution in [1.82, 2.24) is 5.16 Å². The number of rotatable bonds is 2. The summed E-state index contributed by atoms with van der Waals surface area (Å²) in [6.45, 7) is 4.14. The molecule has 0 radical (unpaired) electrons. The van der Waals surface area contributed by atoms with Crippen LogP contribution in [0.1, 0.15) is 16.8 Å². The molecular formula is C11H11Br2NO. The minimum absolute atomic E-state index is 0.891. The van der Waals surface area contributed by atoms with Crippen LogP contribution in [0.3, 0.4) is 0 Å². The number of aromatic nitrogens is 1. The molecule has 0 atom stereocenters. The van der Waals surface area contributed by atoms with Gasteiger partial charge >= 0.3 is 0 Å². The Kier molecular flexibility index (Phi) is 3.16. The highest BCUT2D eigenvalue weighted by atomic mass is 79.9. The smallest absolute Gasteiger partial charge is 0.170 e. The fraction of sp³-hybridized carbons (Fsp3) is 0.364. The number of hydrogen-bond donors (Lipinski definition) is 0. The molecule has 0 aliphatic heterocycles. The second kappa shape index (κ2) is 4.26. The normalized spacial score (nSPS) is 11.2. The highest BCUT2D eigenvalue weighted by Crippen LogP contribution is 2.30. The molecular weight excluding hydrogens is 322 g/mol. The molecule has 2 aromatic rings. The monoisotopic (exact) mass is 331 g/mol. The van der Waals surface area contributed by atoms with Gasteiger partial charge in [-0.3, -0.25) is 0 Å². The summed E-state index contributed by atoms with van der Waals surface area (Å²) in [5, 5.41) is 6.12. The van der Waals surface area contributed by atoms with E-state index in [0.29, 0.717) is 0 Å². The van der Waals surface area contributed by atoms with Crippen molar-refractivity contribution in [2.45, 2.75) is 20.3 Å². The fourth-order valence-electron chi connectivity index (χ4n) is 1.60. The number of nitrogens with zero attached hydrogens (tertiary/aromatic N) is 1. The van der Waals surface area contributed by atoms with Gasteiger partial charge < -0.3 is 4.52 Å². The lowest BCUT2D eigenvalue weighted by Gasteiger charge is -2.02. The number of halogens is 2. The van der Waals surface area contributed by atoms with E-state index < -0.39 is 0 Å². The van der Waals surface area contributed by atoms with E-state index in [1.165, 1.54) is 5.56 Å². The third-order valence-electron chi connectivity index (χ3n) is 2.67. The van der Waals surface area contributed by atoms with Crippen molar-refractivity contribution in [3.8, 4) is 0 Å². The molecule has 4 heteroatoms. The van der Waals surface area contributed by atoms with Crippen LogP contribution in [0.2, 0.25) is 0 Å². The molecule has 1 aromatic carbocycles. The van der Waals surface area contributed by atoms with E-state index in [9.17, 15) is 0 Å². The first kappa shape index (κ1) is 11.1. The van der Waals surface area contributed by atoms with E-state index in [2.05, 4.69) is 56.9 Å². The molecule has 0 saturated carbocycles. The number of aryl methyl sites for hydroxylation is 2. The number of fused-ring (bicyclic) bond motifs is 1. The summed E-state index contributed by atoms with van der Waals surface area (Å²) in [6, 6.07) is 2.09. The Morgan fingerprint density at radius 1 is 1.33 bits per heavy atom. The van der Waals surface area contributed by atoms with E-state index in [1.807, 2.05) is 0 Å². The van der Waals surface area contributed by atoms with Gasteiger partial charge in [-0.05, 0) is 31.0 Å². The lowest BCUT2D eigenvalue weighted by atomic mass is 10.1. The van der Waals surface area contributed by atoms with Gasteiger partial charge in [0, 0.05) is 21.6 Å². The summed E-state index contributed by atoms with van der Waals surface area (Å²) in [5.41, 5.74) is 4.30. The molecule has 0 aliphatic rings. The van der Waals surface area contributed by atoms with Crippen LogP contribution in [0.25, 0.3) is 11.0 Å². The third kappa shape index (κ3) is 1.85. The molecule has 1 aromatic heterocycles. The Morgan fingerprint density at radius 2 is 2.07 bits per heavy atom. The van der Waals surface area contributed by atoms with E-state index in [4.69, 9.17) is 4.52 Å². The van der Waals surface area contributed by atoms with Gasteiger partial charge in [0.25, 0.3) is 0 Å². The standard InChI is InChI=1S/C11H11Br2NO/c1-6-7(2)11-8(5-9(6)13)10(3-4-12)14-15-11/h5H,3-4H2,1-2H3. The molecule has 0 aliphatic carbocycles. The molecule has 2 nitrogen and oxygen atoms in total. The number of benzene rings is 1. The van der Waals surface area contributed by atoms with Crippen molar-refractivity contribution in [1.29, 1.82) is 0 Å². The predicted molar refractivity (Wildman–Crippen MR) is 68.7 cm³/mol. The highest BCUT2D eigenvalue weighted by molar-refractivity contribution is 9.10. The summed E-state index contributed by atoms with van der Waals surface area (Å²) >= 11 is 6.97. The molecule has 15 heavy (non-hydrogen) atoms. The average molecular weight is 333 g/mol. The van der Waals surface area contributed by atoms with Gasteiger partial charge in [-0.25, -0.2) is 0 Å². The zero-order valence-electron chi connectivity index (χ0n) is 8.60. The van der Waals surface area contributed by atoms with Gasteiger partial charge in [0.15, 0.2) is 5.58 Å². The fourth-order valence-corrected chi connectivity index (χ4v) is 2.51. The number of hydrogen-bond acceptors (Lipinski definition) is 2. The first-order valence-electron chi connectivity index (χ1n) is 4.75. The molecule has 0 fully saturated rings. The lowest BCUT2D eigenvalue weighted by molar-refractivity contribution is 0.446. The molecule has 0 N–H and O–H groups in total. The summed E-state index contributed by atoms with van der Waals surface area (Å²) in [4.78, 5) is 0. The Balaban J connectivity index is 2.71. The quantitative estimate of drug-likeness (QED) is 0.772.